The lowest BCUT2D eigenvalue weighted by Gasteiger charge is -2.27. The molecule has 282 valence electrons. The summed E-state index contributed by atoms with van der Waals surface area (Å²) in [6, 6.07) is 0. The van der Waals surface area contributed by atoms with E-state index in [0.29, 0.717) is 0 Å². The van der Waals surface area contributed by atoms with E-state index in [0.717, 1.165) is 24.4 Å². The molecule has 0 amide bonds. The van der Waals surface area contributed by atoms with E-state index in [9.17, 15) is 23.9 Å². The molecule has 0 radical (unpaired) electrons. The fourth-order valence-corrected chi connectivity index (χ4v) is 8.85. The quantitative estimate of drug-likeness (QED) is 0.151. The third-order valence-electron chi connectivity index (χ3n) is 8.26. The molecule has 4 unspecified atom stereocenters. The second-order valence-corrected chi connectivity index (χ2v) is 16.2. The summed E-state index contributed by atoms with van der Waals surface area (Å²) in [7, 11) is -9.97. The van der Waals surface area contributed by atoms with Crippen molar-refractivity contribution in [3.05, 3.63) is 25.3 Å². The zero-order valence-electron chi connectivity index (χ0n) is 27.2. The minimum absolute atomic E-state index is 0.00740. The fourth-order valence-electron chi connectivity index (χ4n) is 5.71. The molecule has 22 nitrogen and oxygen atoms in total. The van der Waals surface area contributed by atoms with Crippen molar-refractivity contribution in [2.45, 2.75) is 63.0 Å². The number of ether oxygens (including phenoxy) is 2. The van der Waals surface area contributed by atoms with Crippen molar-refractivity contribution in [3.8, 4) is 0 Å². The van der Waals surface area contributed by atoms with Gasteiger partial charge < -0.3 is 30.9 Å². The molecule has 3 saturated heterocycles. The number of carbonyl (C=O) groups is 1. The molecule has 52 heavy (non-hydrogen) atoms. The largest absolute Gasteiger partial charge is 0.475 e. The Balaban J connectivity index is 1.22. The van der Waals surface area contributed by atoms with Crippen LogP contribution < -0.4 is 11.5 Å². The monoisotopic (exact) mass is 790 g/mol. The smallest absolute Gasteiger partial charge is 0.387 e. The Kier molecular flexibility index (Phi) is 10.4. The normalized spacial score (nSPS) is 34.3. The van der Waals surface area contributed by atoms with E-state index in [4.69, 9.17) is 43.6 Å². The van der Waals surface area contributed by atoms with Crippen LogP contribution in [-0.4, -0.2) is 116 Å². The summed E-state index contributed by atoms with van der Waals surface area (Å²) in [4.78, 5) is 47.3. The van der Waals surface area contributed by atoms with Crippen LogP contribution in [0.25, 0.3) is 22.3 Å². The third-order valence-corrected chi connectivity index (χ3v) is 11.8. The molecule has 0 aliphatic carbocycles. The standard InChI is InChI=1S/C26H33FN10O12P2S/c1-11(2)26(39)52-4-3-43-51(42)45-6-13-18(14(27)24(47-13)36-9-34-15-20(28)30-7-32-22(15)36)48-50(40,41)44-5-12-17(38)19(49-51)25(46-12)37-10-35-16-21(29)31-8-33-23(16)37/h7-14,17-19,24-25,38H,3-6H2,1-2H3,(H,40,41)(H2,28,30,32)(H2,29,31,33)/t12-,13-,14+,17?,18?,19+,24-,25-,51?/m1/s1. The number of nitrogens with zero attached hydrogens (tertiary/aromatic N) is 8. The Morgan fingerprint density at radius 2 is 1.54 bits per heavy atom. The number of carbonyl (C=O) groups excluding carboxylic acids is 1. The van der Waals surface area contributed by atoms with Crippen LogP contribution in [0, 0.1) is 5.92 Å². The fraction of sp³-hybridized carbons (Fsp3) is 0.577. The average Bonchev–Trinajstić information content (AvgIpc) is 3.87. The van der Waals surface area contributed by atoms with Crippen LogP contribution in [0.3, 0.4) is 0 Å². The molecule has 0 saturated carbocycles. The maximum Gasteiger partial charge on any atom is 0.475 e. The minimum atomic E-state index is -5.14. The molecule has 4 aromatic rings. The number of hydrogen-bond donors (Lipinski definition) is 4. The van der Waals surface area contributed by atoms with Crippen molar-refractivity contribution >= 4 is 66.5 Å². The van der Waals surface area contributed by atoms with Crippen molar-refractivity contribution in [1.82, 2.24) is 39.0 Å². The molecule has 7 rings (SSSR count). The second-order valence-electron chi connectivity index (χ2n) is 12.0. The summed E-state index contributed by atoms with van der Waals surface area (Å²) in [6.07, 6.45) is -8.56. The summed E-state index contributed by atoms with van der Waals surface area (Å²) >= 11 is 0.924. The van der Waals surface area contributed by atoms with Crippen LogP contribution >= 0.6 is 27.4 Å². The van der Waals surface area contributed by atoms with Gasteiger partial charge in [0.05, 0.1) is 32.5 Å². The number of hydrogen-bond acceptors (Lipinski definition) is 20. The highest BCUT2D eigenvalue weighted by Crippen LogP contribution is 2.56. The first kappa shape index (κ1) is 37.1. The molecule has 6 N–H and O–H groups in total. The van der Waals surface area contributed by atoms with E-state index in [1.165, 1.54) is 21.8 Å². The van der Waals surface area contributed by atoms with Gasteiger partial charge in [-0.2, -0.15) is 0 Å². The van der Waals surface area contributed by atoms with Gasteiger partial charge in [0.2, 0.25) is 0 Å². The number of phosphoric ester groups is 2. The van der Waals surface area contributed by atoms with E-state index in [2.05, 4.69) is 29.9 Å². The van der Waals surface area contributed by atoms with E-state index in [1.54, 1.807) is 13.8 Å². The maximum atomic E-state index is 16.3. The van der Waals surface area contributed by atoms with Gasteiger partial charge in [0, 0.05) is 11.7 Å². The van der Waals surface area contributed by atoms with Crippen LogP contribution in [0.4, 0.5) is 16.0 Å². The topological polar surface area (TPSA) is 296 Å². The molecule has 0 aromatic carbocycles. The van der Waals surface area contributed by atoms with E-state index < -0.39 is 78.0 Å². The number of alkyl halides is 1. The average molecular weight is 791 g/mol. The molecule has 3 aliphatic heterocycles. The lowest BCUT2D eigenvalue weighted by molar-refractivity contribution is -0.113. The molecule has 0 spiro atoms. The molecular weight excluding hydrogens is 757 g/mol. The van der Waals surface area contributed by atoms with E-state index in [1.807, 2.05) is 0 Å². The van der Waals surface area contributed by atoms with Crippen molar-refractivity contribution < 1.29 is 60.4 Å². The molecule has 10 atom stereocenters. The first-order valence-corrected chi connectivity index (χ1v) is 19.6. The summed E-state index contributed by atoms with van der Waals surface area (Å²) in [5.74, 6) is -0.218. The van der Waals surface area contributed by atoms with Gasteiger partial charge in [-0.3, -0.25) is 36.5 Å². The summed E-state index contributed by atoms with van der Waals surface area (Å²) in [5, 5.41) is 11.2. The molecule has 3 fully saturated rings. The molecule has 7 heterocycles. The van der Waals surface area contributed by atoms with Gasteiger partial charge >= 0.3 is 15.6 Å². The third kappa shape index (κ3) is 7.18. The number of aliphatic hydroxyl groups is 1. The molecular formula is C26H33FN10O12P2S. The van der Waals surface area contributed by atoms with Crippen LogP contribution in [0.15, 0.2) is 25.3 Å². The van der Waals surface area contributed by atoms with Gasteiger partial charge in [-0.05, 0) is 0 Å². The van der Waals surface area contributed by atoms with Crippen LogP contribution in [-0.2, 0) is 46.0 Å². The maximum absolute atomic E-state index is 16.3. The Labute approximate surface area is 296 Å². The number of thioether (sulfide) groups is 1. The van der Waals surface area contributed by atoms with Crippen molar-refractivity contribution in [2.24, 2.45) is 5.92 Å². The molecule has 4 aromatic heterocycles. The number of aromatic nitrogens is 8. The highest BCUT2D eigenvalue weighted by Gasteiger charge is 2.55. The number of aliphatic hydroxyl groups excluding tert-OH is 1. The minimum Gasteiger partial charge on any atom is -0.387 e. The highest BCUT2D eigenvalue weighted by atomic mass is 32.2. The zero-order valence-corrected chi connectivity index (χ0v) is 29.8. The number of nitrogens with two attached hydrogens (primary N) is 2. The van der Waals surface area contributed by atoms with Crippen molar-refractivity contribution in [2.75, 3.05) is 37.0 Å². The summed E-state index contributed by atoms with van der Waals surface area (Å²) in [5.41, 5.74) is 12.3. The van der Waals surface area contributed by atoms with E-state index in [-0.39, 0.29) is 57.4 Å². The Bertz CT molecular complexity index is 2060. The number of phosphoric acid groups is 2. The summed E-state index contributed by atoms with van der Waals surface area (Å²) < 4.78 is 86.1. The Morgan fingerprint density at radius 3 is 2.17 bits per heavy atom. The number of imidazole rings is 2. The number of fused-ring (bicyclic) bond motifs is 5. The summed E-state index contributed by atoms with van der Waals surface area (Å²) in [6.45, 7) is 1.48. The molecule has 3 aliphatic rings. The lowest BCUT2D eigenvalue weighted by Crippen LogP contribution is -2.35. The van der Waals surface area contributed by atoms with Crippen LogP contribution in [0.5, 0.6) is 0 Å². The van der Waals surface area contributed by atoms with Crippen molar-refractivity contribution in [3.63, 3.8) is 0 Å². The number of halogens is 1. The van der Waals surface area contributed by atoms with Gasteiger partial charge in [-0.15, -0.1) is 0 Å². The van der Waals surface area contributed by atoms with Gasteiger partial charge in [-0.25, -0.2) is 43.4 Å². The first-order chi connectivity index (χ1) is 24.7. The highest BCUT2D eigenvalue weighted by molar-refractivity contribution is 8.13. The molecule has 26 heteroatoms. The van der Waals surface area contributed by atoms with Crippen LogP contribution in [0.2, 0.25) is 0 Å². The number of rotatable bonds is 7. The Morgan fingerprint density at radius 1 is 0.942 bits per heavy atom. The molecule has 2 bridgehead atoms. The zero-order chi connectivity index (χ0) is 36.9. The second kappa shape index (κ2) is 14.5. The predicted octanol–water partition coefficient (Wildman–Crippen LogP) is 1.28. The van der Waals surface area contributed by atoms with Crippen LogP contribution in [0.1, 0.15) is 26.3 Å². The lowest BCUT2D eigenvalue weighted by atomic mass is 10.1. The van der Waals surface area contributed by atoms with Crippen molar-refractivity contribution in [1.29, 1.82) is 0 Å². The van der Waals surface area contributed by atoms with Gasteiger partial charge in [0.1, 0.15) is 54.2 Å². The Hall–Kier alpha value is -3.25. The van der Waals surface area contributed by atoms with E-state index >= 15 is 4.39 Å². The van der Waals surface area contributed by atoms with Gasteiger partial charge in [-0.1, -0.05) is 25.6 Å². The van der Waals surface area contributed by atoms with Gasteiger partial charge in [0.15, 0.2) is 46.7 Å². The number of anilines is 2. The first-order valence-electron chi connectivity index (χ1n) is 15.6. The number of nitrogen functional groups attached to an aromatic ring is 2. The van der Waals surface area contributed by atoms with Gasteiger partial charge in [0.25, 0.3) is 0 Å². The SMILES string of the molecule is CC(C)C(=O)SCCOP1(=O)OC[C@H]2O[C@@H](n3cnc4c(N)ncnc43)[C@@H](F)C2OP(=O)(O)OC[C@H]2O[C@@H](n3cnc4c(N)ncnc43)[C@@H](O1)C2O. The predicted molar refractivity (Wildman–Crippen MR) is 176 cm³/mol.